The molecule has 0 aliphatic carbocycles. The number of nitrogens with zero attached hydrogens (tertiary/aromatic N) is 2. The van der Waals surface area contributed by atoms with Gasteiger partial charge in [0.2, 0.25) is 5.91 Å². The molecule has 0 atom stereocenters. The fourth-order valence-electron chi connectivity index (χ4n) is 2.73. The van der Waals surface area contributed by atoms with Gasteiger partial charge >= 0.3 is 0 Å². The van der Waals surface area contributed by atoms with Crippen LogP contribution in [0.1, 0.15) is 40.5 Å². The zero-order chi connectivity index (χ0) is 16.1. The van der Waals surface area contributed by atoms with Crippen LogP contribution >= 0.6 is 15.9 Å². The van der Waals surface area contributed by atoms with Gasteiger partial charge in [0.25, 0.3) is 5.91 Å². The van der Waals surface area contributed by atoms with Crippen LogP contribution in [0, 0.1) is 0 Å². The van der Waals surface area contributed by atoms with Crippen LogP contribution in [0.25, 0.3) is 0 Å². The SMILES string of the molecule is CCCN1CCCN(C(=O)c2cc(C(N)=O)ccc2Br)CC1. The average Bonchev–Trinajstić information content (AvgIpc) is 2.73. The highest BCUT2D eigenvalue weighted by Crippen LogP contribution is 2.21. The molecule has 0 unspecified atom stereocenters. The summed E-state index contributed by atoms with van der Waals surface area (Å²) in [6.45, 7) is 6.62. The van der Waals surface area contributed by atoms with Gasteiger partial charge in [0.15, 0.2) is 0 Å². The van der Waals surface area contributed by atoms with Crippen molar-refractivity contribution in [3.8, 4) is 0 Å². The van der Waals surface area contributed by atoms with Crippen LogP contribution < -0.4 is 5.73 Å². The van der Waals surface area contributed by atoms with Crippen LogP contribution in [-0.4, -0.2) is 54.3 Å². The molecule has 1 aromatic rings. The molecule has 1 saturated heterocycles. The molecule has 2 N–H and O–H groups in total. The van der Waals surface area contributed by atoms with Crippen LogP contribution in [0.15, 0.2) is 22.7 Å². The first-order valence-electron chi connectivity index (χ1n) is 7.64. The first-order chi connectivity index (χ1) is 10.5. The minimum Gasteiger partial charge on any atom is -0.366 e. The number of primary amides is 1. The molecule has 2 amide bonds. The zero-order valence-electron chi connectivity index (χ0n) is 12.8. The number of halogens is 1. The summed E-state index contributed by atoms with van der Waals surface area (Å²) in [5, 5.41) is 0. The van der Waals surface area contributed by atoms with Crippen molar-refractivity contribution in [2.75, 3.05) is 32.7 Å². The monoisotopic (exact) mass is 367 g/mol. The van der Waals surface area contributed by atoms with Crippen LogP contribution in [0.3, 0.4) is 0 Å². The van der Waals surface area contributed by atoms with Crippen LogP contribution in [0.5, 0.6) is 0 Å². The van der Waals surface area contributed by atoms with Crippen LogP contribution in [0.2, 0.25) is 0 Å². The van der Waals surface area contributed by atoms with Gasteiger partial charge in [-0.05, 0) is 60.1 Å². The molecule has 2 rings (SSSR count). The molecule has 1 aliphatic heterocycles. The molecule has 22 heavy (non-hydrogen) atoms. The lowest BCUT2D eigenvalue weighted by atomic mass is 10.1. The summed E-state index contributed by atoms with van der Waals surface area (Å²) < 4.78 is 0.692. The Morgan fingerprint density at radius 3 is 2.68 bits per heavy atom. The van der Waals surface area contributed by atoms with Crippen molar-refractivity contribution < 1.29 is 9.59 Å². The third-order valence-electron chi connectivity index (χ3n) is 3.90. The van der Waals surface area contributed by atoms with Crippen molar-refractivity contribution in [2.45, 2.75) is 19.8 Å². The Kier molecular flexibility index (Phi) is 5.97. The molecule has 6 heteroatoms. The minimum absolute atomic E-state index is 0.0478. The summed E-state index contributed by atoms with van der Waals surface area (Å²) in [7, 11) is 0. The van der Waals surface area contributed by atoms with Crippen molar-refractivity contribution >= 4 is 27.7 Å². The van der Waals surface area contributed by atoms with E-state index in [1.807, 2.05) is 4.90 Å². The Morgan fingerprint density at radius 1 is 1.23 bits per heavy atom. The molecular weight excluding hydrogens is 346 g/mol. The van der Waals surface area contributed by atoms with Gasteiger partial charge in [-0.2, -0.15) is 0 Å². The molecular formula is C16H22BrN3O2. The molecule has 0 spiro atoms. The smallest absolute Gasteiger partial charge is 0.255 e. The Balaban J connectivity index is 2.14. The number of hydrogen-bond donors (Lipinski definition) is 1. The van der Waals surface area contributed by atoms with E-state index in [4.69, 9.17) is 5.73 Å². The molecule has 0 bridgehead atoms. The van der Waals surface area contributed by atoms with E-state index in [1.54, 1.807) is 18.2 Å². The molecule has 1 heterocycles. The second-order valence-corrected chi connectivity index (χ2v) is 6.40. The highest BCUT2D eigenvalue weighted by Gasteiger charge is 2.22. The van der Waals surface area contributed by atoms with Crippen molar-refractivity contribution in [1.82, 2.24) is 9.80 Å². The zero-order valence-corrected chi connectivity index (χ0v) is 14.4. The van der Waals surface area contributed by atoms with Gasteiger partial charge in [-0.3, -0.25) is 9.59 Å². The van der Waals surface area contributed by atoms with E-state index in [0.717, 1.165) is 39.0 Å². The largest absolute Gasteiger partial charge is 0.366 e. The Labute approximate surface area is 139 Å². The lowest BCUT2D eigenvalue weighted by molar-refractivity contribution is 0.0760. The number of carbonyl (C=O) groups excluding carboxylic acids is 2. The Morgan fingerprint density at radius 2 is 2.00 bits per heavy atom. The first kappa shape index (κ1) is 17.0. The molecule has 5 nitrogen and oxygen atoms in total. The average molecular weight is 368 g/mol. The molecule has 0 aromatic heterocycles. The van der Waals surface area contributed by atoms with Crippen molar-refractivity contribution in [2.24, 2.45) is 5.73 Å². The third-order valence-corrected chi connectivity index (χ3v) is 4.59. The summed E-state index contributed by atoms with van der Waals surface area (Å²) in [6.07, 6.45) is 2.10. The summed E-state index contributed by atoms with van der Waals surface area (Å²) in [6, 6.07) is 4.90. The lowest BCUT2D eigenvalue weighted by Gasteiger charge is -2.22. The number of carbonyl (C=O) groups is 2. The Hall–Kier alpha value is -1.40. The van der Waals surface area contributed by atoms with Crippen molar-refractivity contribution in [3.05, 3.63) is 33.8 Å². The van der Waals surface area contributed by atoms with Gasteiger partial charge in [-0.25, -0.2) is 0 Å². The highest BCUT2D eigenvalue weighted by molar-refractivity contribution is 9.10. The molecule has 120 valence electrons. The van der Waals surface area contributed by atoms with Crippen molar-refractivity contribution in [1.29, 1.82) is 0 Å². The predicted octanol–water partition coefficient (Wildman–Crippen LogP) is 2.11. The van der Waals surface area contributed by atoms with Gasteiger partial charge in [-0.1, -0.05) is 6.92 Å². The van der Waals surface area contributed by atoms with E-state index in [9.17, 15) is 9.59 Å². The number of rotatable bonds is 4. The van der Waals surface area contributed by atoms with E-state index >= 15 is 0 Å². The maximum atomic E-state index is 12.7. The molecule has 1 fully saturated rings. The molecule has 1 aliphatic rings. The normalized spacial score (nSPS) is 16.4. The standard InChI is InChI=1S/C16H22BrN3O2/c1-2-6-19-7-3-8-20(10-9-19)16(22)13-11-12(15(18)21)4-5-14(13)17/h4-5,11H,2-3,6-10H2,1H3,(H2,18,21). The summed E-state index contributed by atoms with van der Waals surface area (Å²) in [5.74, 6) is -0.570. The fourth-order valence-corrected chi connectivity index (χ4v) is 3.14. The van der Waals surface area contributed by atoms with Gasteiger partial charge in [0, 0.05) is 29.7 Å². The summed E-state index contributed by atoms with van der Waals surface area (Å²) >= 11 is 3.39. The summed E-state index contributed by atoms with van der Waals surface area (Å²) in [4.78, 5) is 28.3. The van der Waals surface area contributed by atoms with Gasteiger partial charge in [0.05, 0.1) is 5.56 Å². The third kappa shape index (κ3) is 4.08. The topological polar surface area (TPSA) is 66.6 Å². The predicted molar refractivity (Wildman–Crippen MR) is 89.9 cm³/mol. The molecule has 0 saturated carbocycles. The number of nitrogens with two attached hydrogens (primary N) is 1. The lowest BCUT2D eigenvalue weighted by Crippen LogP contribution is -2.35. The van der Waals surface area contributed by atoms with E-state index < -0.39 is 5.91 Å². The van der Waals surface area contributed by atoms with Crippen LogP contribution in [-0.2, 0) is 0 Å². The van der Waals surface area contributed by atoms with Crippen molar-refractivity contribution in [3.63, 3.8) is 0 Å². The summed E-state index contributed by atoms with van der Waals surface area (Å²) in [5.41, 5.74) is 6.16. The maximum absolute atomic E-state index is 12.7. The van der Waals surface area contributed by atoms with E-state index in [2.05, 4.69) is 27.8 Å². The molecule has 1 aromatic carbocycles. The minimum atomic E-state index is -0.522. The fraction of sp³-hybridized carbons (Fsp3) is 0.500. The van der Waals surface area contributed by atoms with E-state index in [1.165, 1.54) is 0 Å². The van der Waals surface area contributed by atoms with Gasteiger partial charge in [0.1, 0.15) is 0 Å². The maximum Gasteiger partial charge on any atom is 0.255 e. The second kappa shape index (κ2) is 7.74. The van der Waals surface area contributed by atoms with E-state index in [0.29, 0.717) is 22.1 Å². The number of benzene rings is 1. The molecule has 0 radical (unpaired) electrons. The van der Waals surface area contributed by atoms with Gasteiger partial charge in [-0.15, -0.1) is 0 Å². The van der Waals surface area contributed by atoms with E-state index in [-0.39, 0.29) is 5.91 Å². The van der Waals surface area contributed by atoms with Crippen LogP contribution in [0.4, 0.5) is 0 Å². The quantitative estimate of drug-likeness (QED) is 0.885. The Bertz CT molecular complexity index is 562. The highest BCUT2D eigenvalue weighted by atomic mass is 79.9. The van der Waals surface area contributed by atoms with Gasteiger partial charge < -0.3 is 15.5 Å². The second-order valence-electron chi connectivity index (χ2n) is 5.55. The number of amides is 2. The number of hydrogen-bond acceptors (Lipinski definition) is 3. The first-order valence-corrected chi connectivity index (χ1v) is 8.43.